The predicted molar refractivity (Wildman–Crippen MR) is 123 cm³/mol. The number of piperazine rings is 1. The zero-order chi connectivity index (χ0) is 21.7. The van der Waals surface area contributed by atoms with Gasteiger partial charge < -0.3 is 15.2 Å². The Bertz CT molecular complexity index is 1420. The van der Waals surface area contributed by atoms with Crippen LogP contribution in [0.25, 0.3) is 39.2 Å². The molecule has 2 N–H and O–H groups in total. The second-order valence-corrected chi connectivity index (χ2v) is 8.18. The van der Waals surface area contributed by atoms with Crippen molar-refractivity contribution < 1.29 is 4.39 Å². The molecule has 6 rings (SSSR count). The van der Waals surface area contributed by atoms with E-state index >= 15 is 0 Å². The molecule has 5 heterocycles. The molecule has 0 amide bonds. The second-order valence-electron chi connectivity index (χ2n) is 8.18. The number of nitrogens with one attached hydrogen (secondary N) is 2. The van der Waals surface area contributed by atoms with E-state index in [-0.39, 0.29) is 5.82 Å². The number of benzene rings is 1. The van der Waals surface area contributed by atoms with Crippen LogP contribution in [-0.4, -0.2) is 50.2 Å². The van der Waals surface area contributed by atoms with Crippen molar-refractivity contribution in [3.8, 4) is 22.5 Å². The minimum absolute atomic E-state index is 0.274. The minimum Gasteiger partial charge on any atom is -0.352 e. The number of pyridine rings is 1. The van der Waals surface area contributed by atoms with Crippen LogP contribution in [0.15, 0.2) is 60.9 Å². The van der Waals surface area contributed by atoms with Crippen molar-refractivity contribution in [2.24, 2.45) is 0 Å². The highest BCUT2D eigenvalue weighted by atomic mass is 19.1. The fourth-order valence-electron chi connectivity index (χ4n) is 4.45. The number of aromatic nitrogens is 5. The van der Waals surface area contributed by atoms with Crippen LogP contribution in [-0.2, 0) is 0 Å². The Morgan fingerprint density at radius 1 is 1.06 bits per heavy atom. The third-order valence-electron chi connectivity index (χ3n) is 5.99. The molecule has 7 nitrogen and oxygen atoms in total. The summed E-state index contributed by atoms with van der Waals surface area (Å²) < 4.78 is 15.5. The number of H-pyrrole nitrogens is 1. The largest absolute Gasteiger partial charge is 0.352 e. The highest BCUT2D eigenvalue weighted by Gasteiger charge is 2.22. The molecule has 32 heavy (non-hydrogen) atoms. The van der Waals surface area contributed by atoms with Crippen LogP contribution in [0.2, 0.25) is 0 Å². The first kappa shape index (κ1) is 18.9. The van der Waals surface area contributed by atoms with Crippen molar-refractivity contribution in [2.75, 3.05) is 24.5 Å². The first-order valence-corrected chi connectivity index (χ1v) is 10.7. The highest BCUT2D eigenvalue weighted by molar-refractivity contribution is 5.96. The van der Waals surface area contributed by atoms with Gasteiger partial charge in [0.25, 0.3) is 0 Å². The molecular formula is C24H22FN7. The van der Waals surface area contributed by atoms with Gasteiger partial charge in [0.2, 0.25) is 0 Å². The number of rotatable bonds is 3. The van der Waals surface area contributed by atoms with Gasteiger partial charge >= 0.3 is 0 Å². The summed E-state index contributed by atoms with van der Waals surface area (Å²) in [6, 6.07) is 14.9. The molecule has 0 aliphatic carbocycles. The first-order valence-electron chi connectivity index (χ1n) is 10.7. The summed E-state index contributed by atoms with van der Waals surface area (Å²) in [6.45, 7) is 4.89. The quantitative estimate of drug-likeness (QED) is 0.457. The molecule has 4 aromatic heterocycles. The molecule has 1 aliphatic rings. The van der Waals surface area contributed by atoms with Crippen LogP contribution >= 0.6 is 0 Å². The van der Waals surface area contributed by atoms with Gasteiger partial charge in [0, 0.05) is 54.6 Å². The number of halogens is 1. The first-order chi connectivity index (χ1) is 15.7. The highest BCUT2D eigenvalue weighted by Crippen LogP contribution is 2.36. The van der Waals surface area contributed by atoms with Crippen LogP contribution < -0.4 is 10.2 Å². The normalized spacial score (nSPS) is 16.8. The lowest BCUT2D eigenvalue weighted by atomic mass is 10.0. The van der Waals surface area contributed by atoms with Gasteiger partial charge in [-0.15, -0.1) is 5.10 Å². The number of aromatic amines is 1. The van der Waals surface area contributed by atoms with Crippen molar-refractivity contribution >= 4 is 22.5 Å². The molecule has 5 aromatic rings. The monoisotopic (exact) mass is 427 g/mol. The fraction of sp³-hybridized carbons (Fsp3) is 0.208. The average Bonchev–Trinajstić information content (AvgIpc) is 3.44. The van der Waals surface area contributed by atoms with Crippen molar-refractivity contribution in [1.29, 1.82) is 0 Å². The summed E-state index contributed by atoms with van der Waals surface area (Å²) in [5.74, 6) is 0.638. The van der Waals surface area contributed by atoms with E-state index in [1.807, 2.05) is 35.0 Å². The molecule has 1 aliphatic heterocycles. The Morgan fingerprint density at radius 3 is 2.78 bits per heavy atom. The van der Waals surface area contributed by atoms with Crippen molar-refractivity contribution in [2.45, 2.75) is 13.0 Å². The molecule has 1 aromatic carbocycles. The van der Waals surface area contributed by atoms with Gasteiger partial charge in [0.1, 0.15) is 23.0 Å². The number of hydrogen-bond acceptors (Lipinski definition) is 5. The maximum Gasteiger partial charge on any atom is 0.155 e. The van der Waals surface area contributed by atoms with E-state index < -0.39 is 0 Å². The number of imidazole rings is 1. The average molecular weight is 427 g/mol. The van der Waals surface area contributed by atoms with E-state index in [2.05, 4.69) is 27.1 Å². The number of fused-ring (bicyclic) bond motifs is 2. The van der Waals surface area contributed by atoms with Gasteiger partial charge in [-0.2, -0.15) is 0 Å². The third kappa shape index (κ3) is 3.11. The molecule has 0 radical (unpaired) electrons. The van der Waals surface area contributed by atoms with Crippen LogP contribution in [0.5, 0.6) is 0 Å². The summed E-state index contributed by atoms with van der Waals surface area (Å²) in [6.07, 6.45) is 3.66. The maximum atomic E-state index is 13.6. The molecule has 160 valence electrons. The summed E-state index contributed by atoms with van der Waals surface area (Å²) in [5, 5.41) is 9.47. The number of nitrogens with zero attached hydrogens (tertiary/aromatic N) is 5. The topological polar surface area (TPSA) is 74.1 Å². The maximum absolute atomic E-state index is 13.6. The van der Waals surface area contributed by atoms with Crippen LogP contribution in [0.3, 0.4) is 0 Å². The summed E-state index contributed by atoms with van der Waals surface area (Å²) in [4.78, 5) is 14.8. The van der Waals surface area contributed by atoms with Gasteiger partial charge in [0.15, 0.2) is 5.65 Å². The molecule has 0 spiro atoms. The van der Waals surface area contributed by atoms with Crippen molar-refractivity contribution in [3.05, 3.63) is 66.7 Å². The summed E-state index contributed by atoms with van der Waals surface area (Å²) >= 11 is 0. The fourth-order valence-corrected chi connectivity index (χ4v) is 4.45. The Balaban J connectivity index is 1.61. The SMILES string of the molecule is CC1CN(c2ccc3nc(-c4ccc(F)cc4)c(-c4ccnc5[nH]ccc45)n3n2)CCN1. The predicted octanol–water partition coefficient (Wildman–Crippen LogP) is 3.88. The van der Waals surface area contributed by atoms with Crippen molar-refractivity contribution in [3.63, 3.8) is 0 Å². The molecule has 1 unspecified atom stereocenters. The lowest BCUT2D eigenvalue weighted by molar-refractivity contribution is 0.481. The summed E-state index contributed by atoms with van der Waals surface area (Å²) in [5.41, 5.74) is 4.98. The van der Waals surface area contributed by atoms with Crippen LogP contribution in [0, 0.1) is 5.82 Å². The van der Waals surface area contributed by atoms with Crippen molar-refractivity contribution in [1.82, 2.24) is 29.9 Å². The van der Waals surface area contributed by atoms with E-state index in [9.17, 15) is 4.39 Å². The smallest absolute Gasteiger partial charge is 0.155 e. The van der Waals surface area contributed by atoms with E-state index in [4.69, 9.17) is 10.1 Å². The zero-order valence-corrected chi connectivity index (χ0v) is 17.6. The summed E-state index contributed by atoms with van der Waals surface area (Å²) in [7, 11) is 0. The van der Waals surface area contributed by atoms with Crippen LogP contribution in [0.1, 0.15) is 6.92 Å². The van der Waals surface area contributed by atoms with E-state index in [1.165, 1.54) is 12.1 Å². The number of anilines is 1. The van der Waals surface area contributed by atoms with E-state index in [0.29, 0.717) is 6.04 Å². The Kier molecular flexibility index (Phi) is 4.39. The second kappa shape index (κ2) is 7.42. The lowest BCUT2D eigenvalue weighted by Gasteiger charge is -2.32. The number of hydrogen-bond donors (Lipinski definition) is 2. The van der Waals surface area contributed by atoms with E-state index in [1.54, 1.807) is 18.3 Å². The van der Waals surface area contributed by atoms with Gasteiger partial charge in [-0.3, -0.25) is 0 Å². The Morgan fingerprint density at radius 2 is 1.94 bits per heavy atom. The molecule has 1 saturated heterocycles. The molecule has 0 bridgehead atoms. The Labute approximate surface area is 183 Å². The Hall–Kier alpha value is -3.78. The van der Waals surface area contributed by atoms with Crippen LogP contribution in [0.4, 0.5) is 10.2 Å². The van der Waals surface area contributed by atoms with Gasteiger partial charge in [0.05, 0.1) is 5.69 Å². The standard InChI is InChI=1S/C24H22FN7/c1-15-14-31(13-12-26-15)21-7-6-20-29-22(16-2-4-17(25)5-3-16)23(32(20)30-21)18-8-10-27-24-19(18)9-11-28-24/h2-11,15,26H,12-14H2,1H3,(H,27,28). The van der Waals surface area contributed by atoms with Gasteiger partial charge in [-0.25, -0.2) is 18.9 Å². The molecular weight excluding hydrogens is 405 g/mol. The molecule has 0 saturated carbocycles. The van der Waals surface area contributed by atoms with Gasteiger partial charge in [-0.05, 0) is 55.5 Å². The minimum atomic E-state index is -0.274. The lowest BCUT2D eigenvalue weighted by Crippen LogP contribution is -2.49. The third-order valence-corrected chi connectivity index (χ3v) is 5.99. The molecule has 1 atom stereocenters. The molecule has 8 heteroatoms. The zero-order valence-electron chi connectivity index (χ0n) is 17.6. The van der Waals surface area contributed by atoms with E-state index in [0.717, 1.165) is 64.6 Å². The molecule has 1 fully saturated rings. The van der Waals surface area contributed by atoms with Gasteiger partial charge in [-0.1, -0.05) is 0 Å².